The van der Waals surface area contributed by atoms with Gasteiger partial charge >= 0.3 is 0 Å². The number of fused-ring (bicyclic) bond motifs is 1. The average molecular weight is 279 g/mol. The van der Waals surface area contributed by atoms with Crippen LogP contribution < -0.4 is 5.32 Å². The first-order valence-corrected chi connectivity index (χ1v) is 5.95. The maximum Gasteiger partial charge on any atom is 0.241 e. The van der Waals surface area contributed by atoms with E-state index in [9.17, 15) is 9.18 Å². The van der Waals surface area contributed by atoms with Crippen LogP contribution in [0.4, 0.5) is 9.52 Å². The number of rotatable bonds is 2. The highest BCUT2D eigenvalue weighted by molar-refractivity contribution is 7.23. The van der Waals surface area contributed by atoms with E-state index in [1.54, 1.807) is 0 Å². The predicted octanol–water partition coefficient (Wildman–Crippen LogP) is 3.27. The molecule has 7 heteroatoms. The Bertz CT molecular complexity index is 558. The summed E-state index contributed by atoms with van der Waals surface area (Å²) in [7, 11) is 0. The first-order valence-electron chi connectivity index (χ1n) is 4.22. The van der Waals surface area contributed by atoms with E-state index in [0.29, 0.717) is 15.3 Å². The van der Waals surface area contributed by atoms with Gasteiger partial charge in [0, 0.05) is 0 Å². The minimum absolute atomic E-state index is 0.0152. The molecule has 0 saturated carbocycles. The van der Waals surface area contributed by atoms with Crippen LogP contribution in [0.2, 0.25) is 5.02 Å². The van der Waals surface area contributed by atoms with Gasteiger partial charge in [-0.3, -0.25) is 4.79 Å². The van der Waals surface area contributed by atoms with Crippen LogP contribution in [0.5, 0.6) is 0 Å². The number of alkyl halides is 1. The second-order valence-electron chi connectivity index (χ2n) is 2.91. The molecule has 3 nitrogen and oxygen atoms in total. The number of nitrogens with one attached hydrogen (secondary N) is 1. The number of amides is 1. The molecule has 0 atom stereocenters. The molecule has 0 aliphatic carbocycles. The van der Waals surface area contributed by atoms with E-state index >= 15 is 0 Å². The maximum absolute atomic E-state index is 13.1. The van der Waals surface area contributed by atoms with Crippen molar-refractivity contribution >= 4 is 55.8 Å². The Balaban J connectivity index is 2.44. The summed E-state index contributed by atoms with van der Waals surface area (Å²) in [5.74, 6) is -1.02. The molecule has 1 amide bonds. The van der Waals surface area contributed by atoms with E-state index < -0.39 is 5.82 Å². The van der Waals surface area contributed by atoms with E-state index in [-0.39, 0.29) is 16.8 Å². The van der Waals surface area contributed by atoms with E-state index in [1.807, 2.05) is 0 Å². The molecule has 0 spiro atoms. The Morgan fingerprint density at radius 2 is 2.31 bits per heavy atom. The van der Waals surface area contributed by atoms with Crippen LogP contribution in [-0.2, 0) is 4.79 Å². The number of hydrogen-bond acceptors (Lipinski definition) is 3. The number of anilines is 1. The molecular formula is C9H5Cl2FN2OS. The SMILES string of the molecule is O=C(CCl)Nc1nc2ccc(F)c(Cl)c2s1. The van der Waals surface area contributed by atoms with Crippen molar-refractivity contribution in [1.82, 2.24) is 4.98 Å². The normalized spacial score (nSPS) is 10.7. The zero-order valence-electron chi connectivity index (χ0n) is 7.76. The van der Waals surface area contributed by atoms with Gasteiger partial charge in [-0.2, -0.15) is 0 Å². The molecule has 1 heterocycles. The number of benzene rings is 1. The summed E-state index contributed by atoms with van der Waals surface area (Å²) in [6, 6.07) is 2.74. The van der Waals surface area contributed by atoms with Crippen molar-refractivity contribution < 1.29 is 9.18 Å². The van der Waals surface area contributed by atoms with Crippen molar-refractivity contribution in [2.75, 3.05) is 11.2 Å². The molecule has 1 aromatic heterocycles. The van der Waals surface area contributed by atoms with Gasteiger partial charge in [-0.25, -0.2) is 9.37 Å². The Morgan fingerprint density at radius 3 is 3.00 bits per heavy atom. The van der Waals surface area contributed by atoms with Crippen molar-refractivity contribution in [2.45, 2.75) is 0 Å². The van der Waals surface area contributed by atoms with E-state index in [0.717, 1.165) is 11.3 Å². The first-order chi connectivity index (χ1) is 7.61. The van der Waals surface area contributed by atoms with E-state index in [4.69, 9.17) is 23.2 Å². The second-order valence-corrected chi connectivity index (χ2v) is 4.55. The first kappa shape index (κ1) is 11.6. The van der Waals surface area contributed by atoms with E-state index in [1.165, 1.54) is 12.1 Å². The number of thiazole rings is 1. The molecule has 0 aliphatic heterocycles. The third kappa shape index (κ3) is 2.11. The van der Waals surface area contributed by atoms with Crippen molar-refractivity contribution in [3.05, 3.63) is 23.0 Å². The van der Waals surface area contributed by atoms with Crippen LogP contribution in [0.3, 0.4) is 0 Å². The number of carbonyl (C=O) groups is 1. The van der Waals surface area contributed by atoms with Gasteiger partial charge in [-0.15, -0.1) is 11.6 Å². The molecule has 0 unspecified atom stereocenters. The molecule has 2 aromatic rings. The largest absolute Gasteiger partial charge is 0.301 e. The van der Waals surface area contributed by atoms with Gasteiger partial charge in [0.1, 0.15) is 11.7 Å². The van der Waals surface area contributed by atoms with Gasteiger partial charge in [-0.05, 0) is 12.1 Å². The highest BCUT2D eigenvalue weighted by atomic mass is 35.5. The number of halogens is 3. The van der Waals surface area contributed by atoms with Crippen molar-refractivity contribution in [3.63, 3.8) is 0 Å². The fourth-order valence-electron chi connectivity index (χ4n) is 1.14. The molecule has 0 saturated heterocycles. The van der Waals surface area contributed by atoms with Crippen LogP contribution in [0.15, 0.2) is 12.1 Å². The number of aromatic nitrogens is 1. The third-order valence-electron chi connectivity index (χ3n) is 1.82. The predicted molar refractivity (Wildman–Crippen MR) is 63.9 cm³/mol. The Labute approximate surface area is 104 Å². The van der Waals surface area contributed by atoms with Gasteiger partial charge in [0.15, 0.2) is 5.13 Å². The lowest BCUT2D eigenvalue weighted by atomic mass is 10.3. The molecule has 84 valence electrons. The topological polar surface area (TPSA) is 42.0 Å². The van der Waals surface area contributed by atoms with Gasteiger partial charge in [-0.1, -0.05) is 22.9 Å². The fraction of sp³-hybridized carbons (Fsp3) is 0.111. The molecule has 0 fully saturated rings. The monoisotopic (exact) mass is 278 g/mol. The standard InChI is InChI=1S/C9H5Cl2FN2OS/c10-3-6(15)14-9-13-5-2-1-4(12)7(11)8(5)16-9/h1-2H,3H2,(H,13,14,15). The smallest absolute Gasteiger partial charge is 0.241 e. The Kier molecular flexibility index (Phi) is 3.28. The van der Waals surface area contributed by atoms with Crippen molar-refractivity contribution in [3.8, 4) is 0 Å². The fourth-order valence-corrected chi connectivity index (χ4v) is 2.39. The van der Waals surface area contributed by atoms with Gasteiger partial charge in [0.05, 0.1) is 15.2 Å². The molecule has 0 aliphatic rings. The highest BCUT2D eigenvalue weighted by Gasteiger charge is 2.12. The van der Waals surface area contributed by atoms with Gasteiger partial charge in [0.25, 0.3) is 0 Å². The Morgan fingerprint density at radius 1 is 1.56 bits per heavy atom. The molecule has 2 rings (SSSR count). The zero-order chi connectivity index (χ0) is 11.7. The Hall–Kier alpha value is -0.910. The summed E-state index contributed by atoms with van der Waals surface area (Å²) in [5, 5.41) is 2.85. The molecule has 1 aromatic carbocycles. The van der Waals surface area contributed by atoms with E-state index in [2.05, 4.69) is 10.3 Å². The minimum atomic E-state index is -0.506. The molecule has 16 heavy (non-hydrogen) atoms. The minimum Gasteiger partial charge on any atom is -0.301 e. The molecular weight excluding hydrogens is 274 g/mol. The number of carbonyl (C=O) groups excluding carboxylic acids is 1. The van der Waals surface area contributed by atoms with Crippen LogP contribution in [0, 0.1) is 5.82 Å². The quantitative estimate of drug-likeness (QED) is 0.857. The maximum atomic E-state index is 13.1. The second kappa shape index (κ2) is 4.53. The van der Waals surface area contributed by atoms with Gasteiger partial charge in [0.2, 0.25) is 5.91 Å². The third-order valence-corrected chi connectivity index (χ3v) is 3.55. The van der Waals surface area contributed by atoms with Crippen LogP contribution in [0.25, 0.3) is 10.2 Å². The van der Waals surface area contributed by atoms with Crippen molar-refractivity contribution in [2.24, 2.45) is 0 Å². The van der Waals surface area contributed by atoms with Crippen LogP contribution in [0.1, 0.15) is 0 Å². The molecule has 0 radical (unpaired) electrons. The summed E-state index contributed by atoms with van der Waals surface area (Å²) in [6.07, 6.45) is 0. The number of nitrogens with zero attached hydrogens (tertiary/aromatic N) is 1. The summed E-state index contributed by atoms with van der Waals surface area (Å²) >= 11 is 12.2. The number of hydrogen-bond donors (Lipinski definition) is 1. The van der Waals surface area contributed by atoms with Crippen LogP contribution >= 0.6 is 34.5 Å². The summed E-state index contributed by atoms with van der Waals surface area (Å²) < 4.78 is 13.6. The summed E-state index contributed by atoms with van der Waals surface area (Å²) in [4.78, 5) is 15.1. The van der Waals surface area contributed by atoms with Gasteiger partial charge < -0.3 is 5.32 Å². The summed E-state index contributed by atoms with van der Waals surface area (Å²) in [5.41, 5.74) is 0.543. The average Bonchev–Trinajstić information content (AvgIpc) is 2.67. The highest BCUT2D eigenvalue weighted by Crippen LogP contribution is 2.33. The molecule has 0 bridgehead atoms. The van der Waals surface area contributed by atoms with Crippen LogP contribution in [-0.4, -0.2) is 16.8 Å². The molecule has 1 N–H and O–H groups in total. The zero-order valence-corrected chi connectivity index (χ0v) is 10.1. The summed E-state index contributed by atoms with van der Waals surface area (Å²) in [6.45, 7) is 0. The van der Waals surface area contributed by atoms with Crippen molar-refractivity contribution in [1.29, 1.82) is 0 Å². The lowest BCUT2D eigenvalue weighted by molar-refractivity contribution is -0.113. The lowest BCUT2D eigenvalue weighted by Gasteiger charge is -1.94. The lowest BCUT2D eigenvalue weighted by Crippen LogP contribution is -2.11.